The molecule has 1 aliphatic heterocycles. The number of benzene rings is 2. The van der Waals surface area contributed by atoms with Gasteiger partial charge in [-0.3, -0.25) is 9.59 Å². The number of thioether (sulfide) groups is 1. The molecular weight excluding hydrogens is 366 g/mol. The summed E-state index contributed by atoms with van der Waals surface area (Å²) in [6.45, 7) is 0.470. The van der Waals surface area contributed by atoms with E-state index in [-0.39, 0.29) is 12.3 Å². The fourth-order valence-electron chi connectivity index (χ4n) is 2.32. The Hall–Kier alpha value is -3.13. The number of hydrogen-bond acceptors (Lipinski definition) is 6. The van der Waals surface area contributed by atoms with Crippen LogP contribution in [0.3, 0.4) is 0 Å². The number of carboxylic acids is 1. The average Bonchev–Trinajstić information content (AvgIpc) is 3.00. The van der Waals surface area contributed by atoms with Crippen LogP contribution in [-0.2, 0) is 16.2 Å². The van der Waals surface area contributed by atoms with Crippen molar-refractivity contribution in [2.24, 2.45) is 10.2 Å². The van der Waals surface area contributed by atoms with E-state index in [9.17, 15) is 9.59 Å². The van der Waals surface area contributed by atoms with Crippen molar-refractivity contribution in [3.63, 3.8) is 0 Å². The lowest BCUT2D eigenvalue weighted by molar-refractivity contribution is -0.138. The third-order valence-electron chi connectivity index (χ3n) is 3.60. The normalized spacial score (nSPS) is 18.0. The molecule has 0 radical (unpaired) electrons. The first kappa shape index (κ1) is 18.7. The Bertz CT molecular complexity index is 884. The van der Waals surface area contributed by atoms with Crippen molar-refractivity contribution < 1.29 is 19.4 Å². The highest BCUT2D eigenvalue weighted by atomic mass is 32.2. The monoisotopic (exact) mass is 383 g/mol. The molecule has 2 N–H and O–H groups in total. The first-order valence-electron chi connectivity index (χ1n) is 8.17. The summed E-state index contributed by atoms with van der Waals surface area (Å²) in [4.78, 5) is 22.3. The second-order valence-corrected chi connectivity index (χ2v) is 6.88. The van der Waals surface area contributed by atoms with Crippen LogP contribution in [0.5, 0.6) is 5.75 Å². The predicted molar refractivity (Wildman–Crippen MR) is 104 cm³/mol. The Morgan fingerprint density at radius 3 is 2.81 bits per heavy atom. The third-order valence-corrected chi connectivity index (χ3v) is 4.67. The van der Waals surface area contributed by atoms with E-state index in [1.807, 2.05) is 54.6 Å². The van der Waals surface area contributed by atoms with Gasteiger partial charge in [0.05, 0.1) is 12.6 Å². The van der Waals surface area contributed by atoms with Gasteiger partial charge in [0.15, 0.2) is 5.17 Å². The van der Waals surface area contributed by atoms with Gasteiger partial charge in [-0.25, -0.2) is 0 Å². The van der Waals surface area contributed by atoms with Crippen LogP contribution in [0.2, 0.25) is 0 Å². The van der Waals surface area contributed by atoms with Crippen LogP contribution in [0.1, 0.15) is 17.5 Å². The Balaban J connectivity index is 1.57. The molecule has 7 nitrogen and oxygen atoms in total. The molecule has 0 saturated carbocycles. The number of rotatable bonds is 7. The number of carbonyl (C=O) groups excluding carboxylic acids is 1. The summed E-state index contributed by atoms with van der Waals surface area (Å²) in [5.74, 6) is -0.687. The average molecular weight is 383 g/mol. The summed E-state index contributed by atoms with van der Waals surface area (Å²) >= 11 is 1.06. The van der Waals surface area contributed by atoms with E-state index in [4.69, 9.17) is 9.84 Å². The predicted octanol–water partition coefficient (Wildman–Crippen LogP) is 2.66. The number of hydrogen-bond donors (Lipinski definition) is 2. The van der Waals surface area contributed by atoms with Crippen molar-refractivity contribution in [1.82, 2.24) is 5.32 Å². The molecule has 0 aromatic heterocycles. The zero-order valence-corrected chi connectivity index (χ0v) is 15.1. The van der Waals surface area contributed by atoms with Crippen molar-refractivity contribution in [3.8, 4) is 5.75 Å². The molecule has 1 saturated heterocycles. The Kier molecular flexibility index (Phi) is 6.22. The number of nitrogens with zero attached hydrogens (tertiary/aromatic N) is 2. The van der Waals surface area contributed by atoms with Gasteiger partial charge < -0.3 is 15.2 Å². The van der Waals surface area contributed by atoms with Crippen LogP contribution in [0.4, 0.5) is 0 Å². The van der Waals surface area contributed by atoms with E-state index in [2.05, 4.69) is 15.5 Å². The molecule has 1 unspecified atom stereocenters. The maximum Gasteiger partial charge on any atom is 0.305 e. The molecule has 3 rings (SSSR count). The minimum absolute atomic E-state index is 0.250. The molecule has 0 aliphatic carbocycles. The van der Waals surface area contributed by atoms with E-state index in [0.29, 0.717) is 17.5 Å². The number of aliphatic carboxylic acids is 1. The lowest BCUT2D eigenvalue weighted by Gasteiger charge is -2.06. The highest BCUT2D eigenvalue weighted by molar-refractivity contribution is 8.15. The second kappa shape index (κ2) is 9.00. The molecular formula is C19H17N3O4S. The molecule has 1 fully saturated rings. The highest BCUT2D eigenvalue weighted by Crippen LogP contribution is 2.22. The number of ether oxygens (including phenoxy) is 1. The molecule has 1 amide bonds. The van der Waals surface area contributed by atoms with Gasteiger partial charge in [0.25, 0.3) is 0 Å². The summed E-state index contributed by atoms with van der Waals surface area (Å²) in [7, 11) is 0. The van der Waals surface area contributed by atoms with E-state index in [1.54, 1.807) is 6.21 Å². The molecule has 1 atom stereocenters. The number of carbonyl (C=O) groups is 2. The van der Waals surface area contributed by atoms with Gasteiger partial charge in [0.1, 0.15) is 17.6 Å². The van der Waals surface area contributed by atoms with Crippen molar-refractivity contribution in [3.05, 3.63) is 65.7 Å². The van der Waals surface area contributed by atoms with Crippen LogP contribution in [0.15, 0.2) is 64.8 Å². The van der Waals surface area contributed by atoms with Gasteiger partial charge in [-0.05, 0) is 23.3 Å². The SMILES string of the molecule is O=C(O)CC1S/C(=N/N=C/c2cccc(OCc3ccccc3)c2)NC1=O. The molecule has 0 bridgehead atoms. The van der Waals surface area contributed by atoms with Crippen LogP contribution < -0.4 is 10.1 Å². The molecule has 2 aromatic carbocycles. The van der Waals surface area contributed by atoms with E-state index < -0.39 is 11.2 Å². The largest absolute Gasteiger partial charge is 0.489 e. The zero-order chi connectivity index (χ0) is 19.1. The molecule has 138 valence electrons. The van der Waals surface area contributed by atoms with E-state index in [1.165, 1.54) is 0 Å². The van der Waals surface area contributed by atoms with Crippen LogP contribution in [0, 0.1) is 0 Å². The quantitative estimate of drug-likeness (QED) is 0.566. The minimum Gasteiger partial charge on any atom is -0.489 e. The van der Waals surface area contributed by atoms with Gasteiger partial charge in [0.2, 0.25) is 5.91 Å². The van der Waals surface area contributed by atoms with Gasteiger partial charge in [0, 0.05) is 0 Å². The molecule has 27 heavy (non-hydrogen) atoms. The van der Waals surface area contributed by atoms with Gasteiger partial charge in [-0.2, -0.15) is 5.10 Å². The van der Waals surface area contributed by atoms with Crippen LogP contribution in [0.25, 0.3) is 0 Å². The maximum atomic E-state index is 11.6. The summed E-state index contributed by atoms with van der Waals surface area (Å²) < 4.78 is 5.76. The van der Waals surface area contributed by atoms with E-state index >= 15 is 0 Å². The van der Waals surface area contributed by atoms with Crippen molar-refractivity contribution >= 4 is 35.0 Å². The fraction of sp³-hybridized carbons (Fsp3) is 0.158. The van der Waals surface area contributed by atoms with Crippen molar-refractivity contribution in [2.45, 2.75) is 18.3 Å². The first-order valence-corrected chi connectivity index (χ1v) is 9.05. The summed E-state index contributed by atoms with van der Waals surface area (Å²) in [6, 6.07) is 17.3. The third kappa shape index (κ3) is 5.68. The highest BCUT2D eigenvalue weighted by Gasteiger charge is 2.32. The Morgan fingerprint density at radius 2 is 2.04 bits per heavy atom. The summed E-state index contributed by atoms with van der Waals surface area (Å²) in [5.41, 5.74) is 1.87. The lowest BCUT2D eigenvalue weighted by atomic mass is 10.2. The topological polar surface area (TPSA) is 100 Å². The lowest BCUT2D eigenvalue weighted by Crippen LogP contribution is -2.26. The minimum atomic E-state index is -1.03. The van der Waals surface area contributed by atoms with Gasteiger partial charge in [-0.15, -0.1) is 5.10 Å². The fourth-order valence-corrected chi connectivity index (χ4v) is 3.23. The smallest absolute Gasteiger partial charge is 0.305 e. The molecule has 8 heteroatoms. The van der Waals surface area contributed by atoms with Crippen molar-refractivity contribution in [2.75, 3.05) is 0 Å². The number of carboxylic acid groups (broad SMARTS) is 1. The number of nitrogens with one attached hydrogen (secondary N) is 1. The summed E-state index contributed by atoms with van der Waals surface area (Å²) in [5, 5.41) is 18.8. The maximum absolute atomic E-state index is 11.6. The standard InChI is InChI=1S/C19H17N3O4S/c23-17(24)10-16-18(25)21-19(27-16)22-20-11-14-7-4-8-15(9-14)26-12-13-5-2-1-3-6-13/h1-9,11,16H,10,12H2,(H,23,24)(H,21,22,25)/b20-11+. The molecule has 1 heterocycles. The van der Waals surface area contributed by atoms with Crippen LogP contribution >= 0.6 is 11.8 Å². The molecule has 2 aromatic rings. The first-order chi connectivity index (χ1) is 13.1. The van der Waals surface area contributed by atoms with E-state index in [0.717, 1.165) is 22.9 Å². The molecule has 0 spiro atoms. The summed E-state index contributed by atoms with van der Waals surface area (Å²) in [6.07, 6.45) is 1.29. The zero-order valence-electron chi connectivity index (χ0n) is 14.2. The van der Waals surface area contributed by atoms with Crippen molar-refractivity contribution in [1.29, 1.82) is 0 Å². The second-order valence-electron chi connectivity index (χ2n) is 5.69. The van der Waals surface area contributed by atoms with Gasteiger partial charge in [-0.1, -0.05) is 54.2 Å². The Labute approximate surface area is 160 Å². The van der Waals surface area contributed by atoms with Crippen LogP contribution in [-0.4, -0.2) is 33.6 Å². The Morgan fingerprint density at radius 1 is 1.22 bits per heavy atom. The molecule has 1 aliphatic rings. The number of amidine groups is 1. The van der Waals surface area contributed by atoms with Gasteiger partial charge >= 0.3 is 5.97 Å². The number of amides is 1.